The molecule has 0 bridgehead atoms. The maximum absolute atomic E-state index is 6.18. The normalized spacial score (nSPS) is 19.4. The van der Waals surface area contributed by atoms with Crippen molar-refractivity contribution >= 4 is 11.6 Å². The molecular weight excluding hydrogens is 260 g/mol. The van der Waals surface area contributed by atoms with Crippen LogP contribution < -0.4 is 4.74 Å². The minimum Gasteiger partial charge on any atom is -0.497 e. The third-order valence-corrected chi connectivity index (χ3v) is 4.24. The van der Waals surface area contributed by atoms with Crippen LogP contribution in [-0.2, 0) is 6.54 Å². The van der Waals surface area contributed by atoms with Crippen LogP contribution in [-0.4, -0.2) is 35.5 Å². The second-order valence-corrected chi connectivity index (χ2v) is 6.12. The molecule has 1 aromatic rings. The lowest BCUT2D eigenvalue weighted by Gasteiger charge is -2.32. The standard InChI is InChI=1S/C15H23ClN2O/c1-11-8-15(19-3)9-14(17-11)10-18-6-4-13(5-7-18)12(2)16/h8-9,12-13H,4-7,10H2,1-3H3. The Morgan fingerprint density at radius 2 is 2.11 bits per heavy atom. The summed E-state index contributed by atoms with van der Waals surface area (Å²) in [4.78, 5) is 7.04. The predicted octanol–water partition coefficient (Wildman–Crippen LogP) is 3.24. The van der Waals surface area contributed by atoms with Gasteiger partial charge < -0.3 is 4.74 Å². The number of rotatable bonds is 4. The second-order valence-electron chi connectivity index (χ2n) is 5.43. The van der Waals surface area contributed by atoms with Crippen LogP contribution in [0.15, 0.2) is 12.1 Å². The number of aromatic nitrogens is 1. The van der Waals surface area contributed by atoms with E-state index in [1.165, 1.54) is 12.8 Å². The summed E-state index contributed by atoms with van der Waals surface area (Å²) in [5.41, 5.74) is 2.10. The number of piperidine rings is 1. The second kappa shape index (κ2) is 6.58. The van der Waals surface area contributed by atoms with Gasteiger partial charge in [-0.3, -0.25) is 9.88 Å². The maximum Gasteiger partial charge on any atom is 0.122 e. The van der Waals surface area contributed by atoms with Crippen molar-refractivity contribution < 1.29 is 4.74 Å². The lowest BCUT2D eigenvalue weighted by atomic mass is 9.94. The highest BCUT2D eigenvalue weighted by atomic mass is 35.5. The summed E-state index contributed by atoms with van der Waals surface area (Å²) >= 11 is 6.18. The number of pyridine rings is 1. The maximum atomic E-state index is 6.18. The zero-order valence-corrected chi connectivity index (χ0v) is 12.8. The summed E-state index contributed by atoms with van der Waals surface area (Å²) in [6, 6.07) is 3.99. The predicted molar refractivity (Wildman–Crippen MR) is 78.8 cm³/mol. The molecule has 1 aromatic heterocycles. The number of likely N-dealkylation sites (tertiary alicyclic amines) is 1. The first-order valence-electron chi connectivity index (χ1n) is 6.96. The van der Waals surface area contributed by atoms with Gasteiger partial charge in [-0.25, -0.2) is 0 Å². The van der Waals surface area contributed by atoms with Crippen LogP contribution in [0, 0.1) is 12.8 Å². The smallest absolute Gasteiger partial charge is 0.122 e. The first kappa shape index (κ1) is 14.6. The SMILES string of the molecule is COc1cc(C)nc(CN2CCC(C(C)Cl)CC2)c1. The van der Waals surface area contributed by atoms with Crippen molar-refractivity contribution in [2.75, 3.05) is 20.2 Å². The molecule has 1 saturated heterocycles. The number of methoxy groups -OCH3 is 1. The van der Waals surface area contributed by atoms with Crippen LogP contribution in [0.3, 0.4) is 0 Å². The molecule has 2 rings (SSSR count). The Bertz CT molecular complexity index is 415. The molecule has 0 amide bonds. The van der Waals surface area contributed by atoms with Crippen molar-refractivity contribution in [3.05, 3.63) is 23.5 Å². The van der Waals surface area contributed by atoms with Crippen LogP contribution in [0.1, 0.15) is 31.2 Å². The van der Waals surface area contributed by atoms with Crippen molar-refractivity contribution in [3.63, 3.8) is 0 Å². The highest BCUT2D eigenvalue weighted by Gasteiger charge is 2.22. The van der Waals surface area contributed by atoms with E-state index in [0.29, 0.717) is 11.3 Å². The number of hydrogen-bond donors (Lipinski definition) is 0. The number of ether oxygens (including phenoxy) is 1. The summed E-state index contributed by atoms with van der Waals surface area (Å²) in [5.74, 6) is 1.56. The van der Waals surface area contributed by atoms with Gasteiger partial charge in [0.25, 0.3) is 0 Å². The molecule has 1 aliphatic heterocycles. The lowest BCUT2D eigenvalue weighted by Crippen LogP contribution is -2.35. The quantitative estimate of drug-likeness (QED) is 0.793. The van der Waals surface area contributed by atoms with Crippen molar-refractivity contribution in [1.29, 1.82) is 0 Å². The topological polar surface area (TPSA) is 25.4 Å². The molecule has 0 saturated carbocycles. The zero-order chi connectivity index (χ0) is 13.8. The summed E-state index contributed by atoms with van der Waals surface area (Å²) < 4.78 is 5.30. The molecule has 0 aliphatic carbocycles. The molecular formula is C15H23ClN2O. The van der Waals surface area contributed by atoms with E-state index in [2.05, 4.69) is 16.8 Å². The van der Waals surface area contributed by atoms with Gasteiger partial charge in [0, 0.05) is 29.7 Å². The third-order valence-electron chi connectivity index (χ3n) is 3.88. The lowest BCUT2D eigenvalue weighted by molar-refractivity contribution is 0.174. The van der Waals surface area contributed by atoms with E-state index in [1.54, 1.807) is 7.11 Å². The Hall–Kier alpha value is -0.800. The van der Waals surface area contributed by atoms with E-state index in [9.17, 15) is 0 Å². The van der Waals surface area contributed by atoms with Crippen molar-refractivity contribution in [3.8, 4) is 5.75 Å². The molecule has 19 heavy (non-hydrogen) atoms. The van der Waals surface area contributed by atoms with Gasteiger partial charge in [0.1, 0.15) is 5.75 Å². The Morgan fingerprint density at radius 3 is 2.68 bits per heavy atom. The molecule has 0 spiro atoms. The molecule has 2 heterocycles. The first-order valence-corrected chi connectivity index (χ1v) is 7.40. The van der Waals surface area contributed by atoms with Crippen molar-refractivity contribution in [1.82, 2.24) is 9.88 Å². The van der Waals surface area contributed by atoms with E-state index < -0.39 is 0 Å². The highest BCUT2D eigenvalue weighted by molar-refractivity contribution is 6.20. The van der Waals surface area contributed by atoms with Crippen molar-refractivity contribution in [2.24, 2.45) is 5.92 Å². The van der Waals surface area contributed by atoms with Crippen LogP contribution in [0.5, 0.6) is 5.75 Å². The molecule has 0 aromatic carbocycles. The summed E-state index contributed by atoms with van der Waals surface area (Å²) in [5, 5.41) is 0.291. The fourth-order valence-corrected chi connectivity index (χ4v) is 2.95. The molecule has 3 nitrogen and oxygen atoms in total. The van der Waals surface area contributed by atoms with Crippen LogP contribution in [0.25, 0.3) is 0 Å². The van der Waals surface area contributed by atoms with Gasteiger partial charge in [-0.15, -0.1) is 11.6 Å². The van der Waals surface area contributed by atoms with Crippen LogP contribution in [0.2, 0.25) is 0 Å². The van der Waals surface area contributed by atoms with Gasteiger partial charge in [0.15, 0.2) is 0 Å². The average Bonchev–Trinajstić information content (AvgIpc) is 2.38. The van der Waals surface area contributed by atoms with Crippen molar-refractivity contribution in [2.45, 2.75) is 38.6 Å². The van der Waals surface area contributed by atoms with Gasteiger partial charge >= 0.3 is 0 Å². The zero-order valence-electron chi connectivity index (χ0n) is 12.0. The molecule has 4 heteroatoms. The molecule has 0 N–H and O–H groups in total. The first-order chi connectivity index (χ1) is 9.08. The van der Waals surface area contributed by atoms with Crippen LogP contribution in [0.4, 0.5) is 0 Å². The Labute approximate surface area is 120 Å². The molecule has 1 fully saturated rings. The van der Waals surface area contributed by atoms with E-state index in [0.717, 1.165) is 36.8 Å². The fraction of sp³-hybridized carbons (Fsp3) is 0.667. The molecule has 1 aliphatic rings. The minimum atomic E-state index is 0.291. The number of halogens is 1. The number of alkyl halides is 1. The van der Waals surface area contributed by atoms with Crippen LogP contribution >= 0.6 is 11.6 Å². The average molecular weight is 283 g/mol. The van der Waals surface area contributed by atoms with E-state index in [1.807, 2.05) is 19.1 Å². The minimum absolute atomic E-state index is 0.291. The summed E-state index contributed by atoms with van der Waals surface area (Å²) in [6.07, 6.45) is 2.38. The van der Waals surface area contributed by atoms with E-state index in [4.69, 9.17) is 16.3 Å². The summed E-state index contributed by atoms with van der Waals surface area (Å²) in [6.45, 7) is 7.24. The Morgan fingerprint density at radius 1 is 1.42 bits per heavy atom. The highest BCUT2D eigenvalue weighted by Crippen LogP contribution is 2.25. The van der Waals surface area contributed by atoms with Gasteiger partial charge in [0.05, 0.1) is 12.8 Å². The number of hydrogen-bond acceptors (Lipinski definition) is 3. The summed E-state index contributed by atoms with van der Waals surface area (Å²) in [7, 11) is 1.70. The number of aryl methyl sites for hydroxylation is 1. The monoisotopic (exact) mass is 282 g/mol. The van der Waals surface area contributed by atoms with Gasteiger partial charge in [-0.2, -0.15) is 0 Å². The third kappa shape index (κ3) is 4.08. The van der Waals surface area contributed by atoms with E-state index in [-0.39, 0.29) is 0 Å². The molecule has 1 atom stereocenters. The van der Waals surface area contributed by atoms with Gasteiger partial charge in [-0.05, 0) is 45.7 Å². The molecule has 1 unspecified atom stereocenters. The number of nitrogens with zero attached hydrogens (tertiary/aromatic N) is 2. The largest absolute Gasteiger partial charge is 0.497 e. The molecule has 0 radical (unpaired) electrons. The fourth-order valence-electron chi connectivity index (χ4n) is 2.70. The Balaban J connectivity index is 1.93. The Kier molecular flexibility index (Phi) is 5.06. The van der Waals surface area contributed by atoms with Gasteiger partial charge in [-0.1, -0.05) is 0 Å². The van der Waals surface area contributed by atoms with E-state index >= 15 is 0 Å². The van der Waals surface area contributed by atoms with Gasteiger partial charge in [0.2, 0.25) is 0 Å². The molecule has 106 valence electrons.